The third-order valence-electron chi connectivity index (χ3n) is 3.90. The van der Waals surface area contributed by atoms with E-state index in [4.69, 9.17) is 9.47 Å². The lowest BCUT2D eigenvalue weighted by molar-refractivity contribution is -0.0241. The van der Waals surface area contributed by atoms with Crippen molar-refractivity contribution in [2.45, 2.75) is 37.6 Å². The molecule has 2 saturated heterocycles. The smallest absolute Gasteiger partial charge is 0.0840 e. The van der Waals surface area contributed by atoms with E-state index in [0.29, 0.717) is 6.61 Å². The van der Waals surface area contributed by atoms with E-state index in [-0.39, 0.29) is 11.7 Å². The van der Waals surface area contributed by atoms with Gasteiger partial charge in [-0.05, 0) is 37.6 Å². The Kier molecular flexibility index (Phi) is 3.59. The van der Waals surface area contributed by atoms with Crippen LogP contribution in [-0.4, -0.2) is 36.4 Å². The van der Waals surface area contributed by atoms with Gasteiger partial charge in [-0.2, -0.15) is 0 Å². The quantitative estimate of drug-likeness (QED) is 0.880. The summed E-state index contributed by atoms with van der Waals surface area (Å²) in [6.45, 7) is 3.50. The first-order valence-electron chi connectivity index (χ1n) is 6.72. The van der Waals surface area contributed by atoms with Crippen LogP contribution in [0, 0.1) is 0 Å². The average molecular weight is 248 g/mol. The Balaban J connectivity index is 1.50. The number of hydrogen-bond donors (Lipinski definition) is 1. The van der Waals surface area contributed by atoms with Crippen molar-refractivity contribution < 1.29 is 9.47 Å². The maximum atomic E-state index is 6.00. The first-order valence-corrected chi connectivity index (χ1v) is 6.72. The minimum Gasteiger partial charge on any atom is -0.372 e. The molecule has 4 nitrogen and oxygen atoms in total. The summed E-state index contributed by atoms with van der Waals surface area (Å²) in [4.78, 5) is 4.09. The number of rotatable bonds is 3. The molecule has 0 amide bonds. The zero-order valence-corrected chi connectivity index (χ0v) is 10.6. The van der Waals surface area contributed by atoms with Crippen LogP contribution in [0.1, 0.15) is 24.8 Å². The second-order valence-electron chi connectivity index (χ2n) is 5.24. The molecule has 1 N–H and O–H groups in total. The average Bonchev–Trinajstić information content (AvgIpc) is 2.82. The van der Waals surface area contributed by atoms with E-state index >= 15 is 0 Å². The van der Waals surface area contributed by atoms with Crippen molar-refractivity contribution in [1.29, 1.82) is 0 Å². The first kappa shape index (κ1) is 12.1. The SMILES string of the molecule is c1cncc(COC2COC3(CCNCC3)C2)c1. The summed E-state index contributed by atoms with van der Waals surface area (Å²) in [5.41, 5.74) is 1.22. The number of hydrogen-bond acceptors (Lipinski definition) is 4. The van der Waals surface area contributed by atoms with Gasteiger partial charge in [0, 0.05) is 18.8 Å². The highest BCUT2D eigenvalue weighted by Gasteiger charge is 2.41. The molecule has 18 heavy (non-hydrogen) atoms. The Bertz CT molecular complexity index is 377. The minimum absolute atomic E-state index is 0.0881. The highest BCUT2D eigenvalue weighted by atomic mass is 16.6. The third kappa shape index (κ3) is 2.71. The van der Waals surface area contributed by atoms with Gasteiger partial charge < -0.3 is 14.8 Å². The monoisotopic (exact) mass is 248 g/mol. The molecular formula is C14H20N2O2. The van der Waals surface area contributed by atoms with Crippen LogP contribution in [0.4, 0.5) is 0 Å². The zero-order valence-electron chi connectivity index (χ0n) is 10.6. The Morgan fingerprint density at radius 3 is 3.11 bits per heavy atom. The lowest BCUT2D eigenvalue weighted by atomic mass is 9.89. The van der Waals surface area contributed by atoms with Crippen LogP contribution in [0.25, 0.3) is 0 Å². The van der Waals surface area contributed by atoms with Gasteiger partial charge >= 0.3 is 0 Å². The van der Waals surface area contributed by atoms with Crippen molar-refractivity contribution in [2.75, 3.05) is 19.7 Å². The van der Waals surface area contributed by atoms with Crippen LogP contribution < -0.4 is 5.32 Å². The number of ether oxygens (including phenoxy) is 2. The Labute approximate surface area is 108 Å². The highest BCUT2D eigenvalue weighted by molar-refractivity contribution is 5.07. The lowest BCUT2D eigenvalue weighted by Crippen LogP contribution is -2.41. The third-order valence-corrected chi connectivity index (χ3v) is 3.90. The van der Waals surface area contributed by atoms with Crippen LogP contribution in [0.2, 0.25) is 0 Å². The van der Waals surface area contributed by atoms with E-state index < -0.39 is 0 Å². The van der Waals surface area contributed by atoms with Gasteiger partial charge in [0.05, 0.1) is 24.9 Å². The fourth-order valence-electron chi connectivity index (χ4n) is 2.84. The zero-order chi connectivity index (χ0) is 12.3. The van der Waals surface area contributed by atoms with Crippen molar-refractivity contribution in [1.82, 2.24) is 10.3 Å². The van der Waals surface area contributed by atoms with Gasteiger partial charge in [0.2, 0.25) is 0 Å². The molecule has 3 heterocycles. The molecule has 1 unspecified atom stereocenters. The van der Waals surface area contributed by atoms with Gasteiger partial charge in [0.25, 0.3) is 0 Å². The standard InChI is InChI=1S/C14H20N2O2/c1-2-12(9-16-5-1)10-17-13-8-14(18-11-13)3-6-15-7-4-14/h1-2,5,9,13,15H,3-4,6-8,10-11H2. The molecule has 0 bridgehead atoms. The van der Waals surface area contributed by atoms with Gasteiger partial charge in [-0.25, -0.2) is 0 Å². The second kappa shape index (κ2) is 5.34. The van der Waals surface area contributed by atoms with Gasteiger partial charge in [-0.3, -0.25) is 4.98 Å². The summed E-state index contributed by atoms with van der Waals surface area (Å²) in [6.07, 6.45) is 7.14. The number of pyridine rings is 1. The number of piperidine rings is 1. The molecule has 0 aromatic carbocycles. The van der Waals surface area contributed by atoms with Crippen molar-refractivity contribution in [3.63, 3.8) is 0 Å². The van der Waals surface area contributed by atoms with Crippen LogP contribution in [0.3, 0.4) is 0 Å². The first-order chi connectivity index (χ1) is 8.86. The predicted molar refractivity (Wildman–Crippen MR) is 68.2 cm³/mol. The Hall–Kier alpha value is -0.970. The molecule has 2 aliphatic rings. The Morgan fingerprint density at radius 2 is 2.33 bits per heavy atom. The lowest BCUT2D eigenvalue weighted by Gasteiger charge is -2.32. The van der Waals surface area contributed by atoms with Crippen molar-refractivity contribution in [2.24, 2.45) is 0 Å². The number of nitrogens with zero attached hydrogens (tertiary/aromatic N) is 1. The van der Waals surface area contributed by atoms with E-state index in [1.165, 1.54) is 0 Å². The van der Waals surface area contributed by atoms with Crippen LogP contribution in [0.5, 0.6) is 0 Å². The Morgan fingerprint density at radius 1 is 1.44 bits per heavy atom. The van der Waals surface area contributed by atoms with Crippen LogP contribution >= 0.6 is 0 Å². The summed E-state index contributed by atoms with van der Waals surface area (Å²) in [7, 11) is 0. The molecule has 0 aliphatic carbocycles. The van der Waals surface area contributed by atoms with Crippen molar-refractivity contribution in [3.05, 3.63) is 30.1 Å². The van der Waals surface area contributed by atoms with E-state index in [1.54, 1.807) is 6.20 Å². The molecule has 3 rings (SSSR count). The van der Waals surface area contributed by atoms with E-state index in [2.05, 4.69) is 10.3 Å². The minimum atomic E-state index is 0.0881. The topological polar surface area (TPSA) is 43.4 Å². The summed E-state index contributed by atoms with van der Waals surface area (Å²) < 4.78 is 11.9. The molecule has 2 aliphatic heterocycles. The predicted octanol–water partition coefficient (Wildman–Crippen LogP) is 1.51. The maximum Gasteiger partial charge on any atom is 0.0840 e. The summed E-state index contributed by atoms with van der Waals surface area (Å²) in [5.74, 6) is 0. The van der Waals surface area contributed by atoms with E-state index in [0.717, 1.165) is 44.5 Å². The number of nitrogens with one attached hydrogen (secondary N) is 1. The van der Waals surface area contributed by atoms with E-state index in [1.807, 2.05) is 18.3 Å². The molecule has 1 atom stereocenters. The van der Waals surface area contributed by atoms with Gasteiger partial charge in [0.1, 0.15) is 0 Å². The molecule has 2 fully saturated rings. The maximum absolute atomic E-state index is 6.00. The summed E-state index contributed by atoms with van der Waals surface area (Å²) in [6, 6.07) is 3.99. The highest BCUT2D eigenvalue weighted by Crippen LogP contribution is 2.35. The van der Waals surface area contributed by atoms with Gasteiger partial charge in [0.15, 0.2) is 0 Å². The van der Waals surface area contributed by atoms with Gasteiger partial charge in [-0.15, -0.1) is 0 Å². The molecular weight excluding hydrogens is 228 g/mol. The van der Waals surface area contributed by atoms with E-state index in [9.17, 15) is 0 Å². The van der Waals surface area contributed by atoms with Crippen LogP contribution in [0.15, 0.2) is 24.5 Å². The second-order valence-corrected chi connectivity index (χ2v) is 5.24. The summed E-state index contributed by atoms with van der Waals surface area (Å²) in [5, 5.41) is 3.38. The van der Waals surface area contributed by atoms with Crippen molar-refractivity contribution >= 4 is 0 Å². The fraction of sp³-hybridized carbons (Fsp3) is 0.643. The molecule has 0 saturated carbocycles. The molecule has 0 radical (unpaired) electrons. The molecule has 98 valence electrons. The fourth-order valence-corrected chi connectivity index (χ4v) is 2.84. The number of aromatic nitrogens is 1. The molecule has 4 heteroatoms. The van der Waals surface area contributed by atoms with Crippen molar-refractivity contribution in [3.8, 4) is 0 Å². The molecule has 1 spiro atoms. The molecule has 1 aromatic heterocycles. The largest absolute Gasteiger partial charge is 0.372 e. The normalized spacial score (nSPS) is 26.6. The molecule has 1 aromatic rings. The van der Waals surface area contributed by atoms with Crippen LogP contribution in [-0.2, 0) is 16.1 Å². The van der Waals surface area contributed by atoms with Gasteiger partial charge in [-0.1, -0.05) is 6.07 Å². The summed E-state index contributed by atoms with van der Waals surface area (Å²) >= 11 is 0.